The maximum absolute atomic E-state index is 9.27. The number of aliphatic hydroxyl groups excluding tert-OH is 1. The second-order valence-corrected chi connectivity index (χ2v) is 2.62. The molecule has 0 atom stereocenters. The van der Waals surface area contributed by atoms with Crippen LogP contribution in [0.1, 0.15) is 24.3 Å². The fraction of sp³-hybridized carbons (Fsp3) is 0.333. The van der Waals surface area contributed by atoms with Crippen LogP contribution < -0.4 is 0 Å². The van der Waals surface area contributed by atoms with Crippen LogP contribution >= 0.6 is 0 Å². The summed E-state index contributed by atoms with van der Waals surface area (Å²) in [5, 5.41) is 26.8. The van der Waals surface area contributed by atoms with Gasteiger partial charge in [-0.05, 0) is 24.1 Å². The van der Waals surface area contributed by atoms with Gasteiger partial charge in [0.25, 0.3) is 0 Å². The van der Waals surface area contributed by atoms with E-state index in [1.807, 2.05) is 6.92 Å². The van der Waals surface area contributed by atoms with Crippen LogP contribution in [0, 0.1) is 0 Å². The summed E-state index contributed by atoms with van der Waals surface area (Å²) in [5.74, 6) is -0.0654. The van der Waals surface area contributed by atoms with E-state index in [9.17, 15) is 5.11 Å². The molecule has 3 nitrogen and oxygen atoms in total. The summed E-state index contributed by atoms with van der Waals surface area (Å²) < 4.78 is 0. The first-order chi connectivity index (χ1) is 5.65. The fourth-order valence-corrected chi connectivity index (χ4v) is 1.03. The average molecular weight is 168 g/mol. The summed E-state index contributed by atoms with van der Waals surface area (Å²) in [6.07, 6.45) is -0.786. The highest BCUT2D eigenvalue weighted by molar-refractivity contribution is 5.36. The van der Waals surface area contributed by atoms with Crippen molar-refractivity contribution in [1.82, 2.24) is 0 Å². The quantitative estimate of drug-likeness (QED) is 0.576. The summed E-state index contributed by atoms with van der Waals surface area (Å²) in [4.78, 5) is 0. The van der Waals surface area contributed by atoms with Crippen molar-refractivity contribution < 1.29 is 15.3 Å². The zero-order valence-corrected chi connectivity index (χ0v) is 6.86. The molecule has 66 valence electrons. The van der Waals surface area contributed by atoms with E-state index in [4.69, 9.17) is 10.2 Å². The van der Waals surface area contributed by atoms with Gasteiger partial charge in [0.05, 0.1) is 0 Å². The zero-order chi connectivity index (χ0) is 9.14. The molecule has 0 heterocycles. The van der Waals surface area contributed by atoms with Crippen molar-refractivity contribution in [3.8, 4) is 5.75 Å². The second-order valence-electron chi connectivity index (χ2n) is 2.62. The van der Waals surface area contributed by atoms with Crippen molar-refractivity contribution in [2.45, 2.75) is 19.6 Å². The van der Waals surface area contributed by atoms with Crippen LogP contribution in [0.4, 0.5) is 0 Å². The summed E-state index contributed by atoms with van der Waals surface area (Å²) in [6, 6.07) is 4.81. The first-order valence-electron chi connectivity index (χ1n) is 3.83. The number of phenolic OH excluding ortho intramolecular Hbond substituents is 1. The molecule has 0 aromatic heterocycles. The van der Waals surface area contributed by atoms with Crippen LogP contribution in [0.2, 0.25) is 0 Å². The van der Waals surface area contributed by atoms with E-state index < -0.39 is 6.29 Å². The molecule has 1 aromatic rings. The van der Waals surface area contributed by atoms with Crippen LogP contribution in [-0.4, -0.2) is 15.3 Å². The Morgan fingerprint density at radius 2 is 2.00 bits per heavy atom. The standard InChI is InChI=1S/C9H12O3/c1-2-6-3-4-7(9(11)12)8(10)5-6/h3-5,9-12H,2H2,1H3. The van der Waals surface area contributed by atoms with Crippen molar-refractivity contribution in [3.63, 3.8) is 0 Å². The maximum atomic E-state index is 9.27. The Kier molecular flexibility index (Phi) is 2.68. The second kappa shape index (κ2) is 3.56. The van der Waals surface area contributed by atoms with Gasteiger partial charge in [0.15, 0.2) is 6.29 Å². The largest absolute Gasteiger partial charge is 0.507 e. The third-order valence-corrected chi connectivity index (χ3v) is 1.78. The molecule has 0 radical (unpaired) electrons. The SMILES string of the molecule is CCc1ccc(C(O)O)c(O)c1. The molecule has 12 heavy (non-hydrogen) atoms. The average Bonchev–Trinajstić information content (AvgIpc) is 2.03. The van der Waals surface area contributed by atoms with Gasteiger partial charge in [-0.2, -0.15) is 0 Å². The van der Waals surface area contributed by atoms with Crippen molar-refractivity contribution in [1.29, 1.82) is 0 Å². The lowest BCUT2D eigenvalue weighted by Crippen LogP contribution is -1.95. The molecule has 1 rings (SSSR count). The molecule has 0 aliphatic rings. The third kappa shape index (κ3) is 1.75. The molecule has 0 fully saturated rings. The molecular formula is C9H12O3. The number of hydrogen-bond acceptors (Lipinski definition) is 3. The van der Waals surface area contributed by atoms with Gasteiger partial charge in [-0.25, -0.2) is 0 Å². The molecule has 3 N–H and O–H groups in total. The molecule has 0 aliphatic carbocycles. The van der Waals surface area contributed by atoms with E-state index in [0.717, 1.165) is 12.0 Å². The van der Waals surface area contributed by atoms with E-state index in [1.54, 1.807) is 6.07 Å². The number of aromatic hydroxyl groups is 1. The van der Waals surface area contributed by atoms with E-state index in [0.29, 0.717) is 0 Å². The van der Waals surface area contributed by atoms with Crippen LogP contribution in [0.5, 0.6) is 5.75 Å². The van der Waals surface area contributed by atoms with Crippen LogP contribution in [-0.2, 0) is 6.42 Å². The summed E-state index contributed by atoms with van der Waals surface area (Å²) in [5.41, 5.74) is 1.11. The third-order valence-electron chi connectivity index (χ3n) is 1.78. The zero-order valence-electron chi connectivity index (χ0n) is 6.86. The number of aryl methyl sites for hydroxylation is 1. The molecule has 0 saturated carbocycles. The minimum absolute atomic E-state index is 0.0654. The fourth-order valence-electron chi connectivity index (χ4n) is 1.03. The van der Waals surface area contributed by atoms with Gasteiger partial charge in [-0.3, -0.25) is 0 Å². The Morgan fingerprint density at radius 3 is 2.42 bits per heavy atom. The van der Waals surface area contributed by atoms with Gasteiger partial charge in [0.1, 0.15) is 5.75 Å². The van der Waals surface area contributed by atoms with E-state index in [-0.39, 0.29) is 11.3 Å². The lowest BCUT2D eigenvalue weighted by Gasteiger charge is -2.07. The molecule has 0 bridgehead atoms. The maximum Gasteiger partial charge on any atom is 0.182 e. The van der Waals surface area contributed by atoms with Crippen LogP contribution in [0.3, 0.4) is 0 Å². The Balaban J connectivity index is 3.03. The highest BCUT2D eigenvalue weighted by Gasteiger charge is 2.07. The van der Waals surface area contributed by atoms with Crippen molar-refractivity contribution >= 4 is 0 Å². The summed E-state index contributed by atoms with van der Waals surface area (Å²) in [7, 11) is 0. The number of aliphatic hydroxyl groups is 2. The molecular weight excluding hydrogens is 156 g/mol. The Labute approximate surface area is 70.9 Å². The Hall–Kier alpha value is -1.06. The van der Waals surface area contributed by atoms with Gasteiger partial charge >= 0.3 is 0 Å². The molecule has 0 spiro atoms. The van der Waals surface area contributed by atoms with Crippen LogP contribution in [0.25, 0.3) is 0 Å². The Bertz CT molecular complexity index is 268. The van der Waals surface area contributed by atoms with Gasteiger partial charge in [-0.1, -0.05) is 13.0 Å². The smallest absolute Gasteiger partial charge is 0.182 e. The van der Waals surface area contributed by atoms with Gasteiger partial charge in [-0.15, -0.1) is 0 Å². The molecule has 0 saturated heterocycles. The van der Waals surface area contributed by atoms with E-state index in [2.05, 4.69) is 0 Å². The highest BCUT2D eigenvalue weighted by atomic mass is 16.5. The minimum atomic E-state index is -1.60. The normalized spacial score (nSPS) is 10.7. The van der Waals surface area contributed by atoms with Gasteiger partial charge in [0.2, 0.25) is 0 Å². The first kappa shape index (κ1) is 9.03. The van der Waals surface area contributed by atoms with E-state index >= 15 is 0 Å². The lowest BCUT2D eigenvalue weighted by molar-refractivity contribution is -0.0438. The number of benzene rings is 1. The molecule has 1 aromatic carbocycles. The highest BCUT2D eigenvalue weighted by Crippen LogP contribution is 2.23. The predicted octanol–water partition coefficient (Wildman–Crippen LogP) is 0.938. The van der Waals surface area contributed by atoms with Crippen molar-refractivity contribution in [2.75, 3.05) is 0 Å². The number of rotatable bonds is 2. The monoisotopic (exact) mass is 168 g/mol. The topological polar surface area (TPSA) is 60.7 Å². The van der Waals surface area contributed by atoms with Crippen molar-refractivity contribution in [2.24, 2.45) is 0 Å². The summed E-state index contributed by atoms with van der Waals surface area (Å²) in [6.45, 7) is 1.96. The molecule has 0 amide bonds. The Morgan fingerprint density at radius 1 is 1.33 bits per heavy atom. The lowest BCUT2D eigenvalue weighted by atomic mass is 10.1. The summed E-state index contributed by atoms with van der Waals surface area (Å²) >= 11 is 0. The van der Waals surface area contributed by atoms with Gasteiger partial charge in [0, 0.05) is 5.56 Å². The van der Waals surface area contributed by atoms with Crippen molar-refractivity contribution in [3.05, 3.63) is 29.3 Å². The number of phenols is 1. The molecule has 3 heteroatoms. The van der Waals surface area contributed by atoms with E-state index in [1.165, 1.54) is 12.1 Å². The molecule has 0 unspecified atom stereocenters. The van der Waals surface area contributed by atoms with Gasteiger partial charge < -0.3 is 15.3 Å². The number of hydrogen-bond donors (Lipinski definition) is 3. The predicted molar refractivity (Wildman–Crippen MR) is 44.7 cm³/mol. The van der Waals surface area contributed by atoms with Crippen LogP contribution in [0.15, 0.2) is 18.2 Å². The first-order valence-corrected chi connectivity index (χ1v) is 3.83. The molecule has 0 aliphatic heterocycles. The minimum Gasteiger partial charge on any atom is -0.507 e.